The highest BCUT2D eigenvalue weighted by Crippen LogP contribution is 2.60. The molecule has 1 heterocycles. The van der Waals surface area contributed by atoms with Gasteiger partial charge >= 0.3 is 0 Å². The monoisotopic (exact) mass is 482 g/mol. The molecule has 1 aromatic heterocycles. The van der Waals surface area contributed by atoms with Gasteiger partial charge in [0.2, 0.25) is 5.91 Å². The van der Waals surface area contributed by atoms with E-state index in [-0.39, 0.29) is 11.3 Å². The number of nitrogens with one attached hydrogen (secondary N) is 1. The minimum absolute atomic E-state index is 0.175. The second-order valence-corrected chi connectivity index (χ2v) is 12.2. The van der Waals surface area contributed by atoms with Gasteiger partial charge in [0.15, 0.2) is 0 Å². The fourth-order valence-corrected chi connectivity index (χ4v) is 8.10. The lowest BCUT2D eigenvalue weighted by Crippen LogP contribution is -2.51. The molecule has 34 heavy (non-hydrogen) atoms. The molecule has 4 fully saturated rings. The quantitative estimate of drug-likeness (QED) is 0.463. The topological polar surface area (TPSA) is 61.8 Å². The number of para-hydroxylation sites is 1. The average molecular weight is 483 g/mol. The molecule has 4 saturated carbocycles. The number of carbonyl (C=O) groups is 1. The minimum Gasteiger partial charge on any atom is -0.493 e. The molecule has 1 aromatic carbocycles. The highest BCUT2D eigenvalue weighted by atomic mass is 32.1. The van der Waals surface area contributed by atoms with Gasteiger partial charge in [-0.25, -0.2) is 0 Å². The van der Waals surface area contributed by atoms with Crippen LogP contribution in [-0.4, -0.2) is 43.2 Å². The Balaban J connectivity index is 1.46. The zero-order valence-electron chi connectivity index (χ0n) is 20.7. The highest BCUT2D eigenvalue weighted by molar-refractivity contribution is 7.19. The Bertz CT molecular complexity index is 995. The molecule has 1 atom stereocenters. The summed E-state index contributed by atoms with van der Waals surface area (Å²) in [5, 5.41) is 15.2. The van der Waals surface area contributed by atoms with Gasteiger partial charge in [0.1, 0.15) is 10.8 Å². The summed E-state index contributed by atoms with van der Waals surface area (Å²) in [5.41, 5.74) is 1.59. The van der Waals surface area contributed by atoms with Crippen molar-refractivity contribution >= 4 is 22.2 Å². The van der Waals surface area contributed by atoms with Crippen LogP contribution in [0, 0.1) is 23.2 Å². The number of likely N-dealkylation sites (N-methyl/N-ethyl adjacent to an activating group) is 1. The summed E-state index contributed by atoms with van der Waals surface area (Å²) in [7, 11) is 3.91. The van der Waals surface area contributed by atoms with Crippen molar-refractivity contribution in [2.75, 3.05) is 32.6 Å². The first-order chi connectivity index (χ1) is 16.4. The summed E-state index contributed by atoms with van der Waals surface area (Å²) in [6.07, 6.45) is 7.32. The average Bonchev–Trinajstić information content (AvgIpc) is 3.20. The molecule has 5 nitrogen and oxygen atoms in total. The molecular formula is C28H38N2O3S. The fraction of sp³-hybridized carbons (Fsp3) is 0.607. The van der Waals surface area contributed by atoms with E-state index in [2.05, 4.69) is 18.3 Å². The van der Waals surface area contributed by atoms with Crippen LogP contribution in [0.1, 0.15) is 63.5 Å². The van der Waals surface area contributed by atoms with Crippen LogP contribution in [-0.2, 0) is 4.79 Å². The van der Waals surface area contributed by atoms with E-state index in [0.29, 0.717) is 13.2 Å². The second kappa shape index (κ2) is 9.63. The van der Waals surface area contributed by atoms with Crippen LogP contribution >= 0.6 is 11.3 Å². The molecule has 0 spiro atoms. The number of aliphatic hydroxyl groups is 1. The van der Waals surface area contributed by atoms with Crippen LogP contribution in [0.3, 0.4) is 0 Å². The lowest BCUT2D eigenvalue weighted by Gasteiger charge is -2.55. The second-order valence-electron chi connectivity index (χ2n) is 11.2. The van der Waals surface area contributed by atoms with Crippen LogP contribution in [0.5, 0.6) is 5.75 Å². The molecule has 1 unspecified atom stereocenters. The molecule has 184 valence electrons. The van der Waals surface area contributed by atoms with Crippen LogP contribution in [0.2, 0.25) is 0 Å². The van der Waals surface area contributed by atoms with Crippen molar-refractivity contribution in [1.29, 1.82) is 0 Å². The Morgan fingerprint density at radius 2 is 1.82 bits per heavy atom. The van der Waals surface area contributed by atoms with E-state index in [1.807, 2.05) is 43.3 Å². The normalized spacial score (nSPS) is 28.3. The number of anilines is 1. The molecule has 2 aromatic rings. The van der Waals surface area contributed by atoms with E-state index in [1.54, 1.807) is 11.3 Å². The van der Waals surface area contributed by atoms with Crippen molar-refractivity contribution in [3.8, 4) is 16.2 Å². The summed E-state index contributed by atoms with van der Waals surface area (Å²) in [6, 6.07) is 10.1. The van der Waals surface area contributed by atoms with Crippen LogP contribution < -0.4 is 10.1 Å². The number of rotatable bonds is 9. The van der Waals surface area contributed by atoms with Crippen LogP contribution in [0.25, 0.3) is 10.4 Å². The van der Waals surface area contributed by atoms with Crippen LogP contribution in [0.4, 0.5) is 5.00 Å². The highest BCUT2D eigenvalue weighted by Gasteiger charge is 2.54. The van der Waals surface area contributed by atoms with Crippen molar-refractivity contribution in [3.05, 3.63) is 35.9 Å². The molecule has 4 bridgehead atoms. The maximum Gasteiger partial charge on any atom is 0.231 e. The maximum atomic E-state index is 13.8. The van der Waals surface area contributed by atoms with Crippen molar-refractivity contribution in [3.63, 3.8) is 0 Å². The first kappa shape index (κ1) is 23.8. The summed E-state index contributed by atoms with van der Waals surface area (Å²) < 4.78 is 6.01. The predicted molar refractivity (Wildman–Crippen MR) is 138 cm³/mol. The zero-order valence-corrected chi connectivity index (χ0v) is 21.5. The standard InChI is InChI=1S/C28H38N2O3S/c1-4-9-33-24-8-6-5-7-21(24)25-13-22(23(31)17-30(2)3)26(34-25)29-27(32)28-14-18-10-19(15-28)12-20(11-18)16-28/h5-8,13,18-20,23,31H,4,9-12,14-17H2,1-3H3,(H,29,32). The molecular weight excluding hydrogens is 444 g/mol. The molecule has 0 saturated heterocycles. The molecule has 2 N–H and O–H groups in total. The Labute approximate surface area is 207 Å². The summed E-state index contributed by atoms with van der Waals surface area (Å²) in [6.45, 7) is 3.26. The van der Waals surface area contributed by atoms with Crippen molar-refractivity contribution in [1.82, 2.24) is 4.90 Å². The lowest BCUT2D eigenvalue weighted by atomic mass is 9.49. The first-order valence-corrected chi connectivity index (χ1v) is 13.7. The molecule has 4 aliphatic carbocycles. The van der Waals surface area contributed by atoms with Gasteiger partial charge in [-0.15, -0.1) is 11.3 Å². The molecule has 6 heteroatoms. The molecule has 4 aliphatic rings. The Morgan fingerprint density at radius 1 is 1.18 bits per heavy atom. The number of nitrogens with zero attached hydrogens (tertiary/aromatic N) is 1. The van der Waals surface area contributed by atoms with E-state index < -0.39 is 6.10 Å². The number of carbonyl (C=O) groups excluding carboxylic acids is 1. The Kier molecular flexibility index (Phi) is 6.75. The SMILES string of the molecule is CCCOc1ccccc1-c1cc(C(O)CN(C)C)c(NC(=O)C23CC4CC(CC(C4)C2)C3)s1. The van der Waals surface area contributed by atoms with E-state index in [4.69, 9.17) is 4.74 Å². The Hall–Kier alpha value is -1.89. The third kappa shape index (κ3) is 4.65. The van der Waals surface area contributed by atoms with Crippen molar-refractivity contribution in [2.24, 2.45) is 23.2 Å². The van der Waals surface area contributed by atoms with Gasteiger partial charge in [-0.3, -0.25) is 4.79 Å². The number of benzene rings is 1. The number of aliphatic hydroxyl groups excluding tert-OH is 1. The first-order valence-electron chi connectivity index (χ1n) is 12.9. The molecule has 0 radical (unpaired) electrons. The van der Waals surface area contributed by atoms with Crippen molar-refractivity contribution in [2.45, 2.75) is 58.0 Å². The molecule has 6 rings (SSSR count). The molecule has 1 amide bonds. The number of hydrogen-bond acceptors (Lipinski definition) is 5. The molecule has 0 aliphatic heterocycles. The summed E-state index contributed by atoms with van der Waals surface area (Å²) in [4.78, 5) is 16.8. The number of thiophene rings is 1. The number of hydrogen-bond donors (Lipinski definition) is 2. The van der Waals surface area contributed by atoms with E-state index in [1.165, 1.54) is 19.3 Å². The third-order valence-electron chi connectivity index (χ3n) is 8.02. The Morgan fingerprint density at radius 3 is 2.44 bits per heavy atom. The van der Waals surface area contributed by atoms with E-state index in [0.717, 1.165) is 70.2 Å². The van der Waals surface area contributed by atoms with Gasteiger partial charge in [0, 0.05) is 22.5 Å². The van der Waals surface area contributed by atoms with Gasteiger partial charge < -0.3 is 20.1 Å². The third-order valence-corrected chi connectivity index (χ3v) is 9.12. The lowest BCUT2D eigenvalue weighted by molar-refractivity contribution is -0.140. The van der Waals surface area contributed by atoms with Gasteiger partial charge in [0.25, 0.3) is 0 Å². The van der Waals surface area contributed by atoms with E-state index in [9.17, 15) is 9.90 Å². The maximum absolute atomic E-state index is 13.8. The summed E-state index contributed by atoms with van der Waals surface area (Å²) >= 11 is 1.56. The van der Waals surface area contributed by atoms with E-state index >= 15 is 0 Å². The number of amides is 1. The smallest absolute Gasteiger partial charge is 0.231 e. The minimum atomic E-state index is -0.671. The fourth-order valence-electron chi connectivity index (χ4n) is 6.96. The summed E-state index contributed by atoms with van der Waals surface area (Å²) in [5.74, 6) is 3.18. The predicted octanol–water partition coefficient (Wildman–Crippen LogP) is 5.95. The van der Waals surface area contributed by atoms with Crippen LogP contribution in [0.15, 0.2) is 30.3 Å². The number of ether oxygens (including phenoxy) is 1. The van der Waals surface area contributed by atoms with Gasteiger partial charge in [-0.2, -0.15) is 0 Å². The van der Waals surface area contributed by atoms with Crippen molar-refractivity contribution < 1.29 is 14.6 Å². The largest absolute Gasteiger partial charge is 0.493 e. The zero-order chi connectivity index (χ0) is 23.9. The van der Waals surface area contributed by atoms with Gasteiger partial charge in [-0.1, -0.05) is 19.1 Å². The van der Waals surface area contributed by atoms with Gasteiger partial charge in [0.05, 0.1) is 18.1 Å². The van der Waals surface area contributed by atoms with Gasteiger partial charge in [-0.05, 0) is 95.0 Å².